The lowest BCUT2D eigenvalue weighted by Crippen LogP contribution is -2.66. The van der Waals surface area contributed by atoms with E-state index in [-0.39, 0.29) is 12.5 Å². The predicted octanol–water partition coefficient (Wildman–Crippen LogP) is -3.81. The highest BCUT2D eigenvalue weighted by atomic mass is 16.7. The smallest absolute Gasteiger partial charge is 0.176 e. The molecule has 10 unspecified atom stereocenters. The van der Waals surface area contributed by atoms with Crippen LogP contribution in [0.4, 0.5) is 0 Å². The van der Waals surface area contributed by atoms with E-state index in [2.05, 4.69) is 0 Å². The van der Waals surface area contributed by atoms with Crippen LogP contribution in [0.3, 0.4) is 0 Å². The first-order valence-electron chi connectivity index (χ1n) is 7.52. The summed E-state index contributed by atoms with van der Waals surface area (Å²) in [6.45, 7) is 1.76. The highest BCUT2D eigenvalue weighted by Crippen LogP contribution is 2.29. The summed E-state index contributed by atoms with van der Waals surface area (Å²) in [6, 6.07) is -1.53. The first kappa shape index (κ1) is 18.0. The fourth-order valence-electron chi connectivity index (χ4n) is 3.09. The molecule has 130 valence electrons. The second-order valence-corrected chi connectivity index (χ2v) is 6.30. The van der Waals surface area contributed by atoms with Crippen molar-refractivity contribution in [1.82, 2.24) is 0 Å². The van der Waals surface area contributed by atoms with Crippen molar-refractivity contribution in [2.24, 2.45) is 23.1 Å². The minimum Gasteiger partial charge on any atom is -0.390 e. The zero-order valence-electron chi connectivity index (χ0n) is 12.5. The van der Waals surface area contributed by atoms with E-state index in [0.29, 0.717) is 6.42 Å². The summed E-state index contributed by atoms with van der Waals surface area (Å²) in [7, 11) is 0. The van der Waals surface area contributed by atoms with E-state index >= 15 is 0 Å². The van der Waals surface area contributed by atoms with Crippen LogP contribution in [0.25, 0.3) is 0 Å². The van der Waals surface area contributed by atoms with Crippen LogP contribution in [0.2, 0.25) is 0 Å². The van der Waals surface area contributed by atoms with E-state index in [1.54, 1.807) is 6.92 Å². The van der Waals surface area contributed by atoms with Gasteiger partial charge in [-0.2, -0.15) is 0 Å². The lowest BCUT2D eigenvalue weighted by molar-refractivity contribution is -0.289. The van der Waals surface area contributed by atoms with Crippen LogP contribution in [0.15, 0.2) is 0 Å². The van der Waals surface area contributed by atoms with Gasteiger partial charge in [-0.1, -0.05) is 6.92 Å². The van der Waals surface area contributed by atoms with E-state index in [0.717, 1.165) is 0 Å². The number of hydrogen-bond donors (Lipinski definition) is 7. The van der Waals surface area contributed by atoms with E-state index in [9.17, 15) is 20.4 Å². The molecule has 1 aliphatic carbocycles. The summed E-state index contributed by atoms with van der Waals surface area (Å²) in [5, 5.41) is 39.9. The Morgan fingerprint density at radius 3 is 2.27 bits per heavy atom. The number of nitrogens with two attached hydrogens (primary N) is 3. The molecule has 1 aliphatic heterocycles. The number of aliphatic hydroxyl groups is 4. The summed E-state index contributed by atoms with van der Waals surface area (Å²) in [5.74, 6) is -0.157. The van der Waals surface area contributed by atoms with Crippen molar-refractivity contribution >= 4 is 0 Å². The monoisotopic (exact) mass is 321 g/mol. The molecule has 2 fully saturated rings. The van der Waals surface area contributed by atoms with Crippen molar-refractivity contribution in [3.05, 3.63) is 0 Å². The van der Waals surface area contributed by atoms with E-state index in [1.807, 2.05) is 0 Å². The van der Waals surface area contributed by atoms with Crippen molar-refractivity contribution in [2.75, 3.05) is 6.54 Å². The van der Waals surface area contributed by atoms with Crippen LogP contribution in [0, 0.1) is 5.92 Å². The van der Waals surface area contributed by atoms with Crippen LogP contribution in [0.5, 0.6) is 0 Å². The van der Waals surface area contributed by atoms with Crippen LogP contribution in [0.1, 0.15) is 13.3 Å². The Hall–Kier alpha value is -0.360. The molecule has 2 rings (SSSR count). The number of aliphatic hydroxyl groups excluding tert-OH is 4. The molecule has 10 N–H and O–H groups in total. The second kappa shape index (κ2) is 7.04. The third kappa shape index (κ3) is 3.28. The quantitative estimate of drug-likeness (QED) is 0.274. The van der Waals surface area contributed by atoms with Crippen molar-refractivity contribution in [3.63, 3.8) is 0 Å². The van der Waals surface area contributed by atoms with Gasteiger partial charge in [0.2, 0.25) is 0 Å². The molecule has 22 heavy (non-hydrogen) atoms. The predicted molar refractivity (Wildman–Crippen MR) is 76.3 cm³/mol. The lowest BCUT2D eigenvalue weighted by Gasteiger charge is -2.45. The van der Waals surface area contributed by atoms with Gasteiger partial charge in [-0.15, -0.1) is 0 Å². The molecule has 0 radical (unpaired) electrons. The molecule has 0 bridgehead atoms. The molecule has 10 atom stereocenters. The SMILES string of the molecule is CC1CC(N)C(OC2OC(CN)C(O)C(O)C2N)C(O)C1O. The molecule has 1 saturated carbocycles. The Labute approximate surface area is 129 Å². The second-order valence-electron chi connectivity index (χ2n) is 6.30. The fraction of sp³-hybridized carbons (Fsp3) is 1.00. The normalized spacial score (nSPS) is 53.5. The van der Waals surface area contributed by atoms with Crippen LogP contribution in [-0.4, -0.2) is 82.0 Å². The molecule has 0 amide bonds. The molecule has 0 spiro atoms. The zero-order chi connectivity index (χ0) is 16.6. The first-order chi connectivity index (χ1) is 10.3. The molecule has 9 nitrogen and oxygen atoms in total. The molecule has 0 aromatic heterocycles. The van der Waals surface area contributed by atoms with Crippen LogP contribution in [-0.2, 0) is 9.47 Å². The summed E-state index contributed by atoms with van der Waals surface area (Å²) < 4.78 is 11.1. The highest BCUT2D eigenvalue weighted by Gasteiger charge is 2.47. The van der Waals surface area contributed by atoms with Gasteiger partial charge < -0.3 is 47.1 Å². The van der Waals surface area contributed by atoms with Gasteiger partial charge in [0.1, 0.15) is 30.5 Å². The first-order valence-corrected chi connectivity index (χ1v) is 7.52. The lowest BCUT2D eigenvalue weighted by atomic mass is 9.80. The molecule has 0 aromatic rings. The summed E-state index contributed by atoms with van der Waals surface area (Å²) in [5.41, 5.74) is 17.3. The minimum absolute atomic E-state index is 0.0241. The Morgan fingerprint density at radius 2 is 1.68 bits per heavy atom. The zero-order valence-corrected chi connectivity index (χ0v) is 12.5. The van der Waals surface area contributed by atoms with Gasteiger partial charge in [0, 0.05) is 12.6 Å². The maximum Gasteiger partial charge on any atom is 0.176 e. The largest absolute Gasteiger partial charge is 0.390 e. The average molecular weight is 321 g/mol. The number of rotatable bonds is 3. The number of ether oxygens (including phenoxy) is 2. The van der Waals surface area contributed by atoms with Gasteiger partial charge in [-0.25, -0.2) is 0 Å². The van der Waals surface area contributed by atoms with Gasteiger partial charge >= 0.3 is 0 Å². The third-order valence-electron chi connectivity index (χ3n) is 4.61. The summed E-state index contributed by atoms with van der Waals surface area (Å²) in [6.07, 6.45) is -6.97. The number of hydrogen-bond acceptors (Lipinski definition) is 9. The topological polar surface area (TPSA) is 177 Å². The third-order valence-corrected chi connectivity index (χ3v) is 4.61. The van der Waals surface area contributed by atoms with Gasteiger partial charge in [0.05, 0.1) is 12.1 Å². The Kier molecular flexibility index (Phi) is 5.75. The van der Waals surface area contributed by atoms with Crippen LogP contribution >= 0.6 is 0 Å². The Balaban J connectivity index is 2.08. The Bertz CT molecular complexity index is 374. The molecule has 2 aliphatic rings. The molecular formula is C13H27N3O6. The van der Waals surface area contributed by atoms with E-state index in [1.165, 1.54) is 0 Å². The average Bonchev–Trinajstić information content (AvgIpc) is 2.49. The standard InChI is InChI=1S/C13H27N3O6/c1-4-2-5(15)12(11(20)8(4)17)22-13-7(16)10(19)9(18)6(3-14)21-13/h4-13,17-20H,2-3,14-16H2,1H3. The summed E-state index contributed by atoms with van der Waals surface area (Å²) in [4.78, 5) is 0. The maximum atomic E-state index is 10.1. The molecule has 0 aromatic carbocycles. The van der Waals surface area contributed by atoms with E-state index < -0.39 is 55.0 Å². The highest BCUT2D eigenvalue weighted by molar-refractivity contribution is 4.97. The van der Waals surface area contributed by atoms with Crippen molar-refractivity contribution < 1.29 is 29.9 Å². The summed E-state index contributed by atoms with van der Waals surface area (Å²) >= 11 is 0. The maximum absolute atomic E-state index is 10.1. The Morgan fingerprint density at radius 1 is 1.05 bits per heavy atom. The van der Waals surface area contributed by atoms with Crippen molar-refractivity contribution in [3.8, 4) is 0 Å². The molecule has 1 saturated heterocycles. The van der Waals surface area contributed by atoms with Gasteiger partial charge in [0.25, 0.3) is 0 Å². The fourth-order valence-corrected chi connectivity index (χ4v) is 3.09. The van der Waals surface area contributed by atoms with Crippen molar-refractivity contribution in [2.45, 2.75) is 68.3 Å². The minimum atomic E-state index is -1.27. The van der Waals surface area contributed by atoms with Crippen molar-refractivity contribution in [1.29, 1.82) is 0 Å². The van der Waals surface area contributed by atoms with Crippen LogP contribution < -0.4 is 17.2 Å². The van der Waals surface area contributed by atoms with Gasteiger partial charge in [0.15, 0.2) is 6.29 Å². The van der Waals surface area contributed by atoms with Gasteiger partial charge in [-0.3, -0.25) is 0 Å². The van der Waals surface area contributed by atoms with E-state index in [4.69, 9.17) is 26.7 Å². The molecule has 1 heterocycles. The molecular weight excluding hydrogens is 294 g/mol. The molecule has 9 heteroatoms. The van der Waals surface area contributed by atoms with Gasteiger partial charge in [-0.05, 0) is 12.3 Å².